The Balaban J connectivity index is 1.53. The zero-order valence-electron chi connectivity index (χ0n) is 17.5. The summed E-state index contributed by atoms with van der Waals surface area (Å²) in [6.07, 6.45) is 1.93. The third kappa shape index (κ3) is 4.94. The Kier molecular flexibility index (Phi) is 6.32. The number of ether oxygens (including phenoxy) is 1. The predicted octanol–water partition coefficient (Wildman–Crippen LogP) is 4.72. The first kappa shape index (κ1) is 20.7. The predicted molar refractivity (Wildman–Crippen MR) is 123 cm³/mol. The van der Waals surface area contributed by atoms with E-state index in [2.05, 4.69) is 4.90 Å². The molecule has 3 aromatic carbocycles. The monoisotopic (exact) mass is 416 g/mol. The van der Waals surface area contributed by atoms with Crippen molar-refractivity contribution in [3.63, 3.8) is 0 Å². The molecule has 4 nitrogen and oxygen atoms in total. The largest absolute Gasteiger partial charge is 0.497 e. The minimum absolute atomic E-state index is 0.0146. The van der Waals surface area contributed by atoms with E-state index >= 15 is 0 Å². The molecule has 0 atom stereocenters. The average molecular weight is 416 g/mol. The van der Waals surface area contributed by atoms with Gasteiger partial charge in [-0.15, -0.1) is 0 Å². The molecular formula is C26H25FN2O2. The highest BCUT2D eigenvalue weighted by molar-refractivity contribution is 6.24. The lowest BCUT2D eigenvalue weighted by Gasteiger charge is -2.36. The third-order valence-corrected chi connectivity index (χ3v) is 5.50. The molecule has 0 aromatic heterocycles. The van der Waals surface area contributed by atoms with Crippen LogP contribution in [0.1, 0.15) is 11.1 Å². The zero-order valence-corrected chi connectivity index (χ0v) is 17.5. The molecule has 1 aliphatic heterocycles. The van der Waals surface area contributed by atoms with Crippen LogP contribution in [0.3, 0.4) is 0 Å². The van der Waals surface area contributed by atoms with Gasteiger partial charge in [-0.3, -0.25) is 4.79 Å². The molecule has 0 spiro atoms. The van der Waals surface area contributed by atoms with E-state index in [1.165, 1.54) is 12.1 Å². The summed E-state index contributed by atoms with van der Waals surface area (Å²) in [5.41, 5.74) is 3.48. The second kappa shape index (κ2) is 9.47. The lowest BCUT2D eigenvalue weighted by atomic mass is 10.0. The van der Waals surface area contributed by atoms with Crippen LogP contribution >= 0.6 is 0 Å². The van der Waals surface area contributed by atoms with Crippen molar-refractivity contribution in [1.29, 1.82) is 0 Å². The molecule has 0 radical (unpaired) electrons. The van der Waals surface area contributed by atoms with E-state index in [4.69, 9.17) is 4.74 Å². The number of methoxy groups -OCH3 is 1. The van der Waals surface area contributed by atoms with Crippen LogP contribution in [0.15, 0.2) is 78.9 Å². The van der Waals surface area contributed by atoms with Gasteiger partial charge in [0.15, 0.2) is 0 Å². The Morgan fingerprint density at radius 1 is 0.871 bits per heavy atom. The van der Waals surface area contributed by atoms with Gasteiger partial charge in [0, 0.05) is 37.4 Å². The molecule has 31 heavy (non-hydrogen) atoms. The fourth-order valence-corrected chi connectivity index (χ4v) is 3.74. The minimum atomic E-state index is -0.242. The second-order valence-electron chi connectivity index (χ2n) is 7.45. The maximum absolute atomic E-state index is 13.5. The van der Waals surface area contributed by atoms with E-state index < -0.39 is 0 Å². The summed E-state index contributed by atoms with van der Waals surface area (Å²) >= 11 is 0. The Hall–Kier alpha value is -3.60. The van der Waals surface area contributed by atoms with Crippen molar-refractivity contribution in [2.45, 2.75) is 0 Å². The molecule has 3 aromatic rings. The molecule has 0 bridgehead atoms. The van der Waals surface area contributed by atoms with Gasteiger partial charge in [0.25, 0.3) is 5.91 Å². The number of piperazine rings is 1. The Bertz CT molecular complexity index is 1040. The maximum Gasteiger partial charge on any atom is 0.254 e. The van der Waals surface area contributed by atoms with Crippen LogP contribution in [-0.4, -0.2) is 44.1 Å². The Morgan fingerprint density at radius 2 is 1.52 bits per heavy atom. The van der Waals surface area contributed by atoms with E-state index in [1.54, 1.807) is 19.2 Å². The molecule has 4 rings (SSSR count). The maximum atomic E-state index is 13.5. The van der Waals surface area contributed by atoms with Crippen LogP contribution < -0.4 is 9.64 Å². The number of carbonyl (C=O) groups excluding carboxylic acids is 1. The smallest absolute Gasteiger partial charge is 0.254 e. The molecule has 0 saturated carbocycles. The van der Waals surface area contributed by atoms with Crippen molar-refractivity contribution in [2.75, 3.05) is 38.2 Å². The number of hydrogen-bond acceptors (Lipinski definition) is 3. The van der Waals surface area contributed by atoms with E-state index in [0.717, 1.165) is 22.6 Å². The summed E-state index contributed by atoms with van der Waals surface area (Å²) in [6, 6.07) is 23.9. The van der Waals surface area contributed by atoms with Crippen LogP contribution in [0.5, 0.6) is 5.75 Å². The Labute approximate surface area is 182 Å². The molecule has 0 aliphatic carbocycles. The average Bonchev–Trinajstić information content (AvgIpc) is 2.84. The van der Waals surface area contributed by atoms with E-state index in [1.807, 2.05) is 65.6 Å². The molecule has 0 unspecified atom stereocenters. The number of nitrogens with zero attached hydrogens (tertiary/aromatic N) is 2. The van der Waals surface area contributed by atoms with Crippen molar-refractivity contribution >= 4 is 23.2 Å². The van der Waals surface area contributed by atoms with Crippen LogP contribution in [0.25, 0.3) is 11.6 Å². The molecule has 1 aliphatic rings. The number of benzene rings is 3. The van der Waals surface area contributed by atoms with Crippen LogP contribution in [0, 0.1) is 5.82 Å². The van der Waals surface area contributed by atoms with Gasteiger partial charge in [0.1, 0.15) is 11.6 Å². The number of anilines is 1. The summed E-state index contributed by atoms with van der Waals surface area (Å²) in [6.45, 7) is 2.65. The molecule has 1 heterocycles. The van der Waals surface area contributed by atoms with Gasteiger partial charge in [-0.2, -0.15) is 0 Å². The van der Waals surface area contributed by atoms with E-state index in [-0.39, 0.29) is 11.7 Å². The quantitative estimate of drug-likeness (QED) is 0.446. The number of carbonyl (C=O) groups is 1. The molecule has 158 valence electrons. The highest BCUT2D eigenvalue weighted by Crippen LogP contribution is 2.24. The van der Waals surface area contributed by atoms with Crippen molar-refractivity contribution in [2.24, 2.45) is 0 Å². The van der Waals surface area contributed by atoms with Crippen LogP contribution in [0.2, 0.25) is 0 Å². The molecule has 1 saturated heterocycles. The lowest BCUT2D eigenvalue weighted by Crippen LogP contribution is -2.49. The van der Waals surface area contributed by atoms with Crippen LogP contribution in [0.4, 0.5) is 10.1 Å². The SMILES string of the molecule is COc1ccc(/C=C(/C(=O)N2CCN(c3ccc(F)cc3)CC2)c2ccccc2)cc1. The van der Waals surface area contributed by atoms with Crippen molar-refractivity contribution in [1.82, 2.24) is 4.90 Å². The standard InChI is InChI=1S/C26H25FN2O2/c1-31-24-13-7-20(8-14-24)19-25(21-5-3-2-4-6-21)26(30)29-17-15-28(16-18-29)23-11-9-22(27)10-12-23/h2-14,19H,15-18H2,1H3/b25-19+. The highest BCUT2D eigenvalue weighted by atomic mass is 19.1. The van der Waals surface area contributed by atoms with E-state index in [0.29, 0.717) is 31.8 Å². The van der Waals surface area contributed by atoms with Gasteiger partial charge in [-0.05, 0) is 53.6 Å². The highest BCUT2D eigenvalue weighted by Gasteiger charge is 2.24. The summed E-state index contributed by atoms with van der Waals surface area (Å²) in [7, 11) is 1.63. The summed E-state index contributed by atoms with van der Waals surface area (Å²) in [4.78, 5) is 17.5. The topological polar surface area (TPSA) is 32.8 Å². The van der Waals surface area contributed by atoms with Crippen molar-refractivity contribution in [3.05, 3.63) is 95.8 Å². The first-order valence-electron chi connectivity index (χ1n) is 10.3. The number of rotatable bonds is 5. The third-order valence-electron chi connectivity index (χ3n) is 5.50. The molecule has 1 fully saturated rings. The molecule has 0 N–H and O–H groups in total. The van der Waals surface area contributed by atoms with Gasteiger partial charge in [0.2, 0.25) is 0 Å². The first-order chi connectivity index (χ1) is 15.1. The summed E-state index contributed by atoms with van der Waals surface area (Å²) in [5.74, 6) is 0.552. The van der Waals surface area contributed by atoms with Crippen LogP contribution in [-0.2, 0) is 4.79 Å². The number of hydrogen-bond donors (Lipinski definition) is 0. The van der Waals surface area contributed by atoms with Crippen molar-refractivity contribution < 1.29 is 13.9 Å². The number of halogens is 1. The number of amides is 1. The lowest BCUT2D eigenvalue weighted by molar-refractivity contribution is -0.125. The first-order valence-corrected chi connectivity index (χ1v) is 10.3. The molecule has 5 heteroatoms. The zero-order chi connectivity index (χ0) is 21.6. The van der Waals surface area contributed by atoms with Gasteiger partial charge in [-0.25, -0.2) is 4.39 Å². The van der Waals surface area contributed by atoms with Gasteiger partial charge >= 0.3 is 0 Å². The van der Waals surface area contributed by atoms with E-state index in [9.17, 15) is 9.18 Å². The Morgan fingerprint density at radius 3 is 2.13 bits per heavy atom. The molecule has 1 amide bonds. The summed E-state index contributed by atoms with van der Waals surface area (Å²) in [5, 5.41) is 0. The second-order valence-corrected chi connectivity index (χ2v) is 7.45. The fraction of sp³-hybridized carbons (Fsp3) is 0.192. The van der Waals surface area contributed by atoms with Gasteiger partial charge < -0.3 is 14.5 Å². The normalized spacial score (nSPS) is 14.5. The van der Waals surface area contributed by atoms with Gasteiger partial charge in [0.05, 0.1) is 7.11 Å². The van der Waals surface area contributed by atoms with Crippen molar-refractivity contribution in [3.8, 4) is 5.75 Å². The molecular weight excluding hydrogens is 391 g/mol. The fourth-order valence-electron chi connectivity index (χ4n) is 3.74. The minimum Gasteiger partial charge on any atom is -0.497 e. The van der Waals surface area contributed by atoms with Gasteiger partial charge in [-0.1, -0.05) is 42.5 Å². The summed E-state index contributed by atoms with van der Waals surface area (Å²) < 4.78 is 18.4.